The maximum absolute atomic E-state index is 12.7. The van der Waals surface area contributed by atoms with Crippen LogP contribution in [-0.2, 0) is 14.8 Å². The van der Waals surface area contributed by atoms with Gasteiger partial charge >= 0.3 is 0 Å². The summed E-state index contributed by atoms with van der Waals surface area (Å²) in [4.78, 5) is 34.5. The maximum atomic E-state index is 12.7. The minimum atomic E-state index is -4.17. The first-order valence-electron chi connectivity index (χ1n) is 10.2. The summed E-state index contributed by atoms with van der Waals surface area (Å²) in [5, 5.41) is 16.5. The van der Waals surface area contributed by atoms with Crippen LogP contribution in [0.2, 0.25) is 0 Å². The molecule has 0 atom stereocenters. The molecule has 0 aromatic heterocycles. The van der Waals surface area contributed by atoms with Gasteiger partial charge in [-0.3, -0.25) is 24.4 Å². The number of benzene rings is 2. The summed E-state index contributed by atoms with van der Waals surface area (Å²) in [6.07, 6.45) is 4.26. The molecule has 0 spiro atoms. The van der Waals surface area contributed by atoms with Crippen LogP contribution in [0.15, 0.2) is 53.4 Å². The number of nitrogens with one attached hydrogen (secondary N) is 3. The second-order valence-electron chi connectivity index (χ2n) is 7.46. The Bertz CT molecular complexity index is 1110. The zero-order valence-corrected chi connectivity index (χ0v) is 18.1. The van der Waals surface area contributed by atoms with E-state index in [2.05, 4.69) is 15.4 Å². The molecule has 2 amide bonds. The lowest BCUT2D eigenvalue weighted by Crippen LogP contribution is -2.35. The molecule has 0 aliphatic heterocycles. The molecule has 1 aliphatic carbocycles. The van der Waals surface area contributed by atoms with Crippen LogP contribution in [0, 0.1) is 10.1 Å². The average Bonchev–Trinajstić information content (AvgIpc) is 3.26. The van der Waals surface area contributed by atoms with Gasteiger partial charge in [-0.1, -0.05) is 31.0 Å². The first-order chi connectivity index (χ1) is 15.3. The molecule has 1 fully saturated rings. The van der Waals surface area contributed by atoms with E-state index in [-0.39, 0.29) is 46.7 Å². The van der Waals surface area contributed by atoms with E-state index < -0.39 is 20.9 Å². The molecule has 0 heterocycles. The van der Waals surface area contributed by atoms with Crippen LogP contribution in [0.1, 0.15) is 42.5 Å². The fraction of sp³-hybridized carbons (Fsp3) is 0.333. The van der Waals surface area contributed by atoms with Crippen molar-refractivity contribution in [3.63, 3.8) is 0 Å². The minimum absolute atomic E-state index is 0.0203. The second-order valence-corrected chi connectivity index (χ2v) is 9.14. The third-order valence-corrected chi connectivity index (χ3v) is 6.48. The van der Waals surface area contributed by atoms with E-state index in [1.807, 2.05) is 0 Å². The van der Waals surface area contributed by atoms with Gasteiger partial charge < -0.3 is 10.6 Å². The van der Waals surface area contributed by atoms with Gasteiger partial charge in [0.05, 0.1) is 21.1 Å². The molecular weight excluding hydrogens is 436 g/mol. The molecule has 170 valence electrons. The van der Waals surface area contributed by atoms with Gasteiger partial charge in [-0.15, -0.1) is 0 Å². The molecule has 3 N–H and O–H groups in total. The van der Waals surface area contributed by atoms with E-state index in [0.29, 0.717) is 0 Å². The predicted molar refractivity (Wildman–Crippen MR) is 118 cm³/mol. The van der Waals surface area contributed by atoms with Crippen molar-refractivity contribution in [2.75, 3.05) is 11.3 Å². The predicted octanol–water partition coefficient (Wildman–Crippen LogP) is 2.57. The van der Waals surface area contributed by atoms with Crippen molar-refractivity contribution in [3.8, 4) is 0 Å². The second kappa shape index (κ2) is 10.2. The van der Waals surface area contributed by atoms with Crippen molar-refractivity contribution < 1.29 is 22.9 Å². The number of carbonyl (C=O) groups excluding carboxylic acids is 2. The number of amides is 2. The number of sulfonamides is 1. The van der Waals surface area contributed by atoms with Crippen LogP contribution in [0.25, 0.3) is 0 Å². The van der Waals surface area contributed by atoms with Crippen LogP contribution in [-0.4, -0.2) is 37.7 Å². The largest absolute Gasteiger partial charge is 0.353 e. The fourth-order valence-corrected chi connectivity index (χ4v) is 4.61. The fourth-order valence-electron chi connectivity index (χ4n) is 3.49. The highest BCUT2D eigenvalue weighted by Crippen LogP contribution is 2.23. The zero-order valence-electron chi connectivity index (χ0n) is 17.2. The summed E-state index contributed by atoms with van der Waals surface area (Å²) in [7, 11) is -4.17. The first kappa shape index (κ1) is 23.2. The number of non-ortho nitro benzene ring substituents is 1. The van der Waals surface area contributed by atoms with E-state index in [9.17, 15) is 28.1 Å². The van der Waals surface area contributed by atoms with Crippen molar-refractivity contribution in [1.82, 2.24) is 10.6 Å². The Morgan fingerprint density at radius 2 is 1.78 bits per heavy atom. The van der Waals surface area contributed by atoms with Crippen molar-refractivity contribution in [2.24, 2.45) is 0 Å². The lowest BCUT2D eigenvalue weighted by atomic mass is 10.1. The SMILES string of the molecule is O=C(CCNC(=O)c1ccccc1NS(=O)(=O)c1cccc([N+](=O)[O-])c1)NC1CCCC1. The number of carbonyl (C=O) groups is 2. The average molecular weight is 461 g/mol. The summed E-state index contributed by atoms with van der Waals surface area (Å²) < 4.78 is 27.7. The topological polar surface area (TPSA) is 148 Å². The van der Waals surface area contributed by atoms with Gasteiger partial charge in [-0.25, -0.2) is 8.42 Å². The Labute approximate surface area is 185 Å². The number of hydrogen-bond acceptors (Lipinski definition) is 6. The van der Waals surface area contributed by atoms with E-state index in [1.165, 1.54) is 30.3 Å². The molecule has 10 nitrogen and oxygen atoms in total. The van der Waals surface area contributed by atoms with Crippen LogP contribution >= 0.6 is 0 Å². The molecule has 0 unspecified atom stereocenters. The monoisotopic (exact) mass is 460 g/mol. The molecule has 1 aliphatic rings. The van der Waals surface area contributed by atoms with Crippen LogP contribution in [0.3, 0.4) is 0 Å². The molecule has 0 radical (unpaired) electrons. The number of rotatable bonds is 9. The Kier molecular flexibility index (Phi) is 7.41. The highest BCUT2D eigenvalue weighted by Gasteiger charge is 2.21. The van der Waals surface area contributed by atoms with Gasteiger partial charge in [0.2, 0.25) is 5.91 Å². The Balaban J connectivity index is 1.64. The summed E-state index contributed by atoms with van der Waals surface area (Å²) in [6, 6.07) is 10.8. The maximum Gasteiger partial charge on any atom is 0.270 e. The summed E-state index contributed by atoms with van der Waals surface area (Å²) in [6.45, 7) is 0.101. The standard InChI is InChI=1S/C21H24N4O6S/c26-20(23-15-6-1-2-7-15)12-13-22-21(27)18-10-3-4-11-19(18)24-32(30,31)17-9-5-8-16(14-17)25(28)29/h3-5,8-11,14-15,24H,1-2,6-7,12-13H2,(H,22,27)(H,23,26). The van der Waals surface area contributed by atoms with Gasteiger partial charge in [-0.05, 0) is 31.0 Å². The van der Waals surface area contributed by atoms with Crippen molar-refractivity contribution in [2.45, 2.75) is 43.0 Å². The molecule has 1 saturated carbocycles. The number of nitro groups is 1. The molecule has 0 saturated heterocycles. The highest BCUT2D eigenvalue weighted by atomic mass is 32.2. The van der Waals surface area contributed by atoms with Gasteiger partial charge in [0.25, 0.3) is 21.6 Å². The highest BCUT2D eigenvalue weighted by molar-refractivity contribution is 7.92. The van der Waals surface area contributed by atoms with Crippen LogP contribution in [0.5, 0.6) is 0 Å². The normalized spacial score (nSPS) is 14.0. The molecule has 0 bridgehead atoms. The van der Waals surface area contributed by atoms with Crippen LogP contribution < -0.4 is 15.4 Å². The quantitative estimate of drug-likeness (QED) is 0.387. The Hall–Kier alpha value is -3.47. The lowest BCUT2D eigenvalue weighted by Gasteiger charge is -2.14. The zero-order chi connectivity index (χ0) is 23.1. The Morgan fingerprint density at radius 3 is 2.50 bits per heavy atom. The third kappa shape index (κ3) is 6.03. The van der Waals surface area contributed by atoms with E-state index >= 15 is 0 Å². The first-order valence-corrected chi connectivity index (χ1v) is 11.7. The van der Waals surface area contributed by atoms with E-state index in [0.717, 1.165) is 31.7 Å². The van der Waals surface area contributed by atoms with Crippen molar-refractivity contribution in [3.05, 3.63) is 64.2 Å². The molecular formula is C21H24N4O6S. The summed E-state index contributed by atoms with van der Waals surface area (Å²) >= 11 is 0. The molecule has 2 aromatic rings. The molecule has 32 heavy (non-hydrogen) atoms. The van der Waals surface area contributed by atoms with Gasteiger partial charge in [-0.2, -0.15) is 0 Å². The van der Waals surface area contributed by atoms with Crippen molar-refractivity contribution in [1.29, 1.82) is 0 Å². The van der Waals surface area contributed by atoms with E-state index in [4.69, 9.17) is 0 Å². The minimum Gasteiger partial charge on any atom is -0.353 e. The third-order valence-electron chi connectivity index (χ3n) is 5.11. The number of nitro benzene ring substituents is 1. The summed E-state index contributed by atoms with van der Waals surface area (Å²) in [5.41, 5.74) is -0.278. The lowest BCUT2D eigenvalue weighted by molar-refractivity contribution is -0.385. The van der Waals surface area contributed by atoms with Gasteiger partial charge in [0.1, 0.15) is 0 Å². The number of para-hydroxylation sites is 1. The molecule has 11 heteroatoms. The Morgan fingerprint density at radius 1 is 1.06 bits per heavy atom. The number of anilines is 1. The van der Waals surface area contributed by atoms with E-state index in [1.54, 1.807) is 12.1 Å². The number of hydrogen-bond donors (Lipinski definition) is 3. The van der Waals surface area contributed by atoms with Gasteiger partial charge in [0, 0.05) is 31.1 Å². The number of nitrogens with zero attached hydrogens (tertiary/aromatic N) is 1. The molecule has 3 rings (SSSR count). The van der Waals surface area contributed by atoms with Crippen molar-refractivity contribution >= 4 is 33.2 Å². The van der Waals surface area contributed by atoms with Gasteiger partial charge in [0.15, 0.2) is 0 Å². The smallest absolute Gasteiger partial charge is 0.270 e. The summed E-state index contributed by atoms with van der Waals surface area (Å²) in [5.74, 6) is -0.687. The van der Waals surface area contributed by atoms with Crippen LogP contribution in [0.4, 0.5) is 11.4 Å². The molecule has 2 aromatic carbocycles.